The molecule has 1 aliphatic heterocycles. The molecule has 29 heavy (non-hydrogen) atoms. The third-order valence-electron chi connectivity index (χ3n) is 4.18. The molecule has 0 bridgehead atoms. The molecule has 2 rings (SSSR count). The molecule has 2 heterocycles. The van der Waals surface area contributed by atoms with Crippen LogP contribution >= 0.6 is 18.9 Å². The molecule has 13 nitrogen and oxygen atoms in total. The lowest BCUT2D eigenvalue weighted by atomic mass is 9.96. The second kappa shape index (κ2) is 8.86. The second-order valence-corrected chi connectivity index (χ2v) is 8.94. The molecule has 0 spiro atoms. The first-order valence-electron chi connectivity index (χ1n) is 8.00. The van der Waals surface area contributed by atoms with Gasteiger partial charge in [0.2, 0.25) is 11.7 Å². The Bertz CT molecular complexity index is 881. The first-order valence-corrected chi connectivity index (χ1v) is 10.5. The molecule has 1 saturated heterocycles. The molecule has 1 aromatic heterocycles. The number of rotatable bonds is 9. The van der Waals surface area contributed by atoms with E-state index in [4.69, 9.17) is 14.8 Å². The van der Waals surface area contributed by atoms with Crippen molar-refractivity contribution in [1.82, 2.24) is 15.2 Å². The van der Waals surface area contributed by atoms with Crippen molar-refractivity contribution in [3.05, 3.63) is 11.1 Å². The van der Waals surface area contributed by atoms with Gasteiger partial charge in [-0.2, -0.15) is 0 Å². The minimum atomic E-state index is -4.15. The van der Waals surface area contributed by atoms with Crippen LogP contribution in [0.5, 0.6) is 0 Å². The van der Waals surface area contributed by atoms with Crippen molar-refractivity contribution >= 4 is 47.6 Å². The predicted octanol–water partition coefficient (Wildman–Crippen LogP) is -0.312. The van der Waals surface area contributed by atoms with Gasteiger partial charge in [0.1, 0.15) is 18.8 Å². The summed E-state index contributed by atoms with van der Waals surface area (Å²) in [5.41, 5.74) is 5.49. The summed E-state index contributed by atoms with van der Waals surface area (Å²) in [6.07, 6.45) is 0. The molecule has 0 aliphatic carbocycles. The zero-order chi connectivity index (χ0) is 21.9. The first kappa shape index (κ1) is 22.7. The van der Waals surface area contributed by atoms with Gasteiger partial charge in [0.15, 0.2) is 10.8 Å². The minimum Gasteiger partial charge on any atom is -0.479 e. The van der Waals surface area contributed by atoms with Crippen molar-refractivity contribution in [3.63, 3.8) is 0 Å². The quantitative estimate of drug-likeness (QED) is 0.196. The summed E-state index contributed by atoms with van der Waals surface area (Å²) in [7, 11) is -0.893. The fraction of sp³-hybridized carbons (Fsp3) is 0.500. The van der Waals surface area contributed by atoms with Gasteiger partial charge in [0.05, 0.1) is 6.04 Å². The van der Waals surface area contributed by atoms with Crippen LogP contribution < -0.4 is 11.1 Å². The average molecular weight is 449 g/mol. The van der Waals surface area contributed by atoms with E-state index < -0.39 is 43.2 Å². The fourth-order valence-electron chi connectivity index (χ4n) is 2.75. The SMILES string of the molecule is CON=C(C(=O)NC1C(=O)N(C(C(=O)O)P(=O)(OC)OC)C1C)c1csc(N)n1. The molecule has 0 aromatic carbocycles. The van der Waals surface area contributed by atoms with Gasteiger partial charge in [-0.3, -0.25) is 14.2 Å². The van der Waals surface area contributed by atoms with Gasteiger partial charge < -0.3 is 34.9 Å². The summed E-state index contributed by atoms with van der Waals surface area (Å²) >= 11 is 1.08. The zero-order valence-corrected chi connectivity index (χ0v) is 17.6. The van der Waals surface area contributed by atoms with Crippen LogP contribution in [0.2, 0.25) is 0 Å². The van der Waals surface area contributed by atoms with E-state index in [1.807, 2.05) is 0 Å². The highest BCUT2D eigenvalue weighted by atomic mass is 32.1. The highest BCUT2D eigenvalue weighted by Gasteiger charge is 2.57. The maximum Gasteiger partial charge on any atom is 0.364 e. The number of carbonyl (C=O) groups is 3. The van der Waals surface area contributed by atoms with Crippen LogP contribution in [0.15, 0.2) is 10.5 Å². The van der Waals surface area contributed by atoms with Gasteiger partial charge in [0.25, 0.3) is 5.91 Å². The summed E-state index contributed by atoms with van der Waals surface area (Å²) in [6.45, 7) is 1.48. The number of carboxylic acid groups (broad SMARTS) is 1. The topological polar surface area (TPSA) is 183 Å². The number of carboxylic acids is 1. The summed E-state index contributed by atoms with van der Waals surface area (Å²) in [4.78, 5) is 46.2. The number of amides is 2. The molecule has 3 atom stereocenters. The Kier molecular flexibility index (Phi) is 6.95. The molecule has 3 unspecified atom stereocenters. The number of aromatic nitrogens is 1. The van der Waals surface area contributed by atoms with Crippen LogP contribution in [0, 0.1) is 0 Å². The minimum absolute atomic E-state index is 0.148. The maximum atomic E-state index is 12.6. The van der Waals surface area contributed by atoms with Crippen LogP contribution in [-0.4, -0.2) is 77.7 Å². The third-order valence-corrected chi connectivity index (χ3v) is 6.94. The average Bonchev–Trinajstić information content (AvgIpc) is 3.12. The first-order chi connectivity index (χ1) is 13.6. The van der Waals surface area contributed by atoms with Crippen LogP contribution in [0.3, 0.4) is 0 Å². The number of nitrogens with zero attached hydrogens (tertiary/aromatic N) is 3. The molecule has 0 saturated carbocycles. The zero-order valence-electron chi connectivity index (χ0n) is 15.9. The number of oxime groups is 1. The van der Waals surface area contributed by atoms with Gasteiger partial charge in [-0.05, 0) is 6.92 Å². The number of aliphatic carboxylic acids is 1. The molecule has 1 aromatic rings. The van der Waals surface area contributed by atoms with E-state index in [-0.39, 0.29) is 16.5 Å². The molecule has 1 fully saturated rings. The molecule has 15 heteroatoms. The van der Waals surface area contributed by atoms with E-state index in [0.29, 0.717) is 0 Å². The van der Waals surface area contributed by atoms with Gasteiger partial charge in [0, 0.05) is 19.6 Å². The number of nitrogens with two attached hydrogens (primary N) is 1. The molecule has 0 radical (unpaired) electrons. The molecule has 1 aliphatic rings. The lowest BCUT2D eigenvalue weighted by Crippen LogP contribution is -2.73. The van der Waals surface area contributed by atoms with E-state index >= 15 is 0 Å². The molecule has 4 N–H and O–H groups in total. The Morgan fingerprint density at radius 3 is 2.45 bits per heavy atom. The number of anilines is 1. The van der Waals surface area contributed by atoms with Crippen molar-refractivity contribution in [2.24, 2.45) is 5.16 Å². The number of likely N-dealkylation sites (tertiary alicyclic amines) is 1. The van der Waals surface area contributed by atoms with Crippen molar-refractivity contribution < 1.29 is 37.9 Å². The Hall–Kier alpha value is -2.54. The Morgan fingerprint density at radius 1 is 1.41 bits per heavy atom. The summed E-state index contributed by atoms with van der Waals surface area (Å²) < 4.78 is 22.0. The largest absolute Gasteiger partial charge is 0.479 e. The predicted molar refractivity (Wildman–Crippen MR) is 101 cm³/mol. The normalized spacial score (nSPS) is 20.8. The van der Waals surface area contributed by atoms with Gasteiger partial charge in [-0.15, -0.1) is 11.3 Å². The number of β-lactam (4-membered cyclic amide) rings is 1. The van der Waals surface area contributed by atoms with E-state index in [0.717, 1.165) is 30.5 Å². The number of nitrogens with one attached hydrogen (secondary N) is 1. The van der Waals surface area contributed by atoms with Gasteiger partial charge in [-0.1, -0.05) is 5.16 Å². The van der Waals surface area contributed by atoms with Gasteiger partial charge in [-0.25, -0.2) is 9.78 Å². The second-order valence-electron chi connectivity index (χ2n) is 5.75. The smallest absolute Gasteiger partial charge is 0.364 e. The van der Waals surface area contributed by atoms with Crippen molar-refractivity contribution in [1.29, 1.82) is 0 Å². The Balaban J connectivity index is 2.21. The van der Waals surface area contributed by atoms with E-state index in [9.17, 15) is 24.1 Å². The molecular weight excluding hydrogens is 429 g/mol. The maximum absolute atomic E-state index is 12.6. The van der Waals surface area contributed by atoms with Crippen molar-refractivity contribution in [2.45, 2.75) is 24.8 Å². The van der Waals surface area contributed by atoms with Crippen LogP contribution in [0.1, 0.15) is 12.6 Å². The third kappa shape index (κ3) is 4.24. The molecule has 160 valence electrons. The Morgan fingerprint density at radius 2 is 2.03 bits per heavy atom. The van der Waals surface area contributed by atoms with E-state index in [1.165, 1.54) is 19.4 Å². The summed E-state index contributed by atoms with van der Waals surface area (Å²) in [6, 6.07) is -1.92. The molecule has 2 amide bonds. The van der Waals surface area contributed by atoms with Gasteiger partial charge >= 0.3 is 13.6 Å². The summed E-state index contributed by atoms with van der Waals surface area (Å²) in [5.74, 6) is -4.99. The van der Waals surface area contributed by atoms with Crippen molar-refractivity contribution in [3.8, 4) is 0 Å². The number of hydrogen-bond donors (Lipinski definition) is 3. The van der Waals surface area contributed by atoms with Crippen LogP contribution in [0.25, 0.3) is 0 Å². The lowest BCUT2D eigenvalue weighted by molar-refractivity contribution is -0.162. The van der Waals surface area contributed by atoms with E-state index in [2.05, 4.69) is 20.3 Å². The molecular formula is C14H20N5O8PS. The van der Waals surface area contributed by atoms with Crippen LogP contribution in [0.4, 0.5) is 5.13 Å². The number of hydrogen-bond acceptors (Lipinski definition) is 11. The highest BCUT2D eigenvalue weighted by Crippen LogP contribution is 2.54. The number of carbonyl (C=O) groups excluding carboxylic acids is 2. The highest BCUT2D eigenvalue weighted by molar-refractivity contribution is 7.55. The van der Waals surface area contributed by atoms with Crippen molar-refractivity contribution in [2.75, 3.05) is 27.1 Å². The number of nitrogen functional groups attached to an aromatic ring is 1. The van der Waals surface area contributed by atoms with Crippen LogP contribution in [-0.2, 0) is 32.8 Å². The lowest BCUT2D eigenvalue weighted by Gasteiger charge is -2.48. The summed E-state index contributed by atoms with van der Waals surface area (Å²) in [5, 5.41) is 17.2. The standard InChI is InChI=1S/C14H20N5O8PS/c1-6-8(11(21)19(6)12(13(22)23)28(24,26-3)27-4)17-10(20)9(18-25-2)7-5-29-14(15)16-7/h5-6,8,12H,1-4H3,(H2,15,16)(H,17,20)(H,22,23). The monoisotopic (exact) mass is 449 g/mol. The fourth-order valence-corrected chi connectivity index (χ4v) is 4.75. The Labute approximate surface area is 169 Å². The van der Waals surface area contributed by atoms with E-state index in [1.54, 1.807) is 0 Å². The number of thiazole rings is 1.